The van der Waals surface area contributed by atoms with Crippen molar-refractivity contribution in [1.82, 2.24) is 25.0 Å². The van der Waals surface area contributed by atoms with Gasteiger partial charge in [-0.3, -0.25) is 39.1 Å². The Balaban J connectivity index is 0.698. The van der Waals surface area contributed by atoms with Gasteiger partial charge in [-0.05, 0) is 61.1 Å². The van der Waals surface area contributed by atoms with Crippen LogP contribution < -0.4 is 10.6 Å². The number of oxime groups is 1. The monoisotopic (exact) mass is 823 g/mol. The number of aromatic nitrogens is 3. The van der Waals surface area contributed by atoms with E-state index in [9.17, 15) is 24.4 Å². The first kappa shape index (κ1) is 42.3. The quantitative estimate of drug-likeness (QED) is 0.0423. The fraction of sp³-hybridized carbons (Fsp3) is 0.419. The highest BCUT2D eigenvalue weighted by Crippen LogP contribution is 2.35. The third-order valence-electron chi connectivity index (χ3n) is 10.4. The van der Waals surface area contributed by atoms with E-state index in [2.05, 4.69) is 39.1 Å². The second-order valence-electron chi connectivity index (χ2n) is 14.3. The van der Waals surface area contributed by atoms with E-state index < -0.39 is 29.7 Å². The first-order valence-electron chi connectivity index (χ1n) is 20.2. The molecule has 60 heavy (non-hydrogen) atoms. The fourth-order valence-corrected chi connectivity index (χ4v) is 7.44. The predicted octanol–water partition coefficient (Wildman–Crippen LogP) is 3.72. The molecule has 17 nitrogen and oxygen atoms in total. The molecule has 7 rings (SSSR count). The lowest BCUT2D eigenvalue weighted by Crippen LogP contribution is -2.54. The summed E-state index contributed by atoms with van der Waals surface area (Å²) in [5.74, 6) is -2.17. The predicted molar refractivity (Wildman–Crippen MR) is 218 cm³/mol. The number of pyridine rings is 1. The molecule has 0 bridgehead atoms. The summed E-state index contributed by atoms with van der Waals surface area (Å²) in [4.78, 5) is 55.2. The van der Waals surface area contributed by atoms with Crippen molar-refractivity contribution in [1.29, 1.82) is 0 Å². The summed E-state index contributed by atoms with van der Waals surface area (Å²) < 4.78 is 30.1. The molecule has 2 aromatic heterocycles. The Morgan fingerprint density at radius 1 is 0.750 bits per heavy atom. The molecular weight excluding hydrogens is 775 g/mol. The molecule has 1 saturated heterocycles. The van der Waals surface area contributed by atoms with Crippen LogP contribution in [0.4, 0.5) is 5.69 Å². The SMILES string of the molecule is O=C1CCC(N2C(=O)c3cccc(NCCOCCOCCOCCOCCOCCCn4cc(-c5ccc6c(c5)CC/C6=N\O)c(-c5ccncc5)n4)c3C2=O)C(=O)N1. The molecule has 1 fully saturated rings. The van der Waals surface area contributed by atoms with E-state index in [4.69, 9.17) is 28.8 Å². The van der Waals surface area contributed by atoms with Gasteiger partial charge in [-0.15, -0.1) is 0 Å². The van der Waals surface area contributed by atoms with Crippen LogP contribution in [0.1, 0.15) is 57.5 Å². The van der Waals surface area contributed by atoms with Gasteiger partial charge in [0.05, 0.1) is 76.3 Å². The topological polar surface area (TPSA) is 205 Å². The van der Waals surface area contributed by atoms with Crippen LogP contribution in [0.25, 0.3) is 22.4 Å². The van der Waals surface area contributed by atoms with Crippen molar-refractivity contribution in [2.75, 3.05) is 77.9 Å². The number of nitrogens with zero attached hydrogens (tertiary/aromatic N) is 5. The maximum absolute atomic E-state index is 13.2. The third-order valence-corrected chi connectivity index (χ3v) is 10.4. The van der Waals surface area contributed by atoms with Crippen molar-refractivity contribution < 1.29 is 48.1 Å². The molecule has 2 aliphatic heterocycles. The molecule has 0 saturated carbocycles. The van der Waals surface area contributed by atoms with Gasteiger partial charge < -0.3 is 34.2 Å². The molecule has 4 amide bonds. The Labute approximate surface area is 347 Å². The van der Waals surface area contributed by atoms with E-state index in [1.807, 2.05) is 22.9 Å². The van der Waals surface area contributed by atoms with Gasteiger partial charge in [0.25, 0.3) is 11.8 Å². The smallest absolute Gasteiger partial charge is 0.264 e. The maximum atomic E-state index is 13.2. The normalized spacial score (nSPS) is 16.8. The highest BCUT2D eigenvalue weighted by Gasteiger charge is 2.45. The number of benzene rings is 2. The summed E-state index contributed by atoms with van der Waals surface area (Å²) in [6, 6.07) is 14.1. The summed E-state index contributed by atoms with van der Waals surface area (Å²) in [7, 11) is 0. The Bertz CT molecular complexity index is 2180. The van der Waals surface area contributed by atoms with Gasteiger partial charge in [-0.1, -0.05) is 29.4 Å². The Hall–Kier alpha value is -5.85. The van der Waals surface area contributed by atoms with Crippen LogP contribution in [0, 0.1) is 0 Å². The number of hydrogen-bond donors (Lipinski definition) is 3. The van der Waals surface area contributed by atoms with Crippen LogP contribution in [0.3, 0.4) is 0 Å². The van der Waals surface area contributed by atoms with Crippen LogP contribution in [-0.2, 0) is 46.2 Å². The molecule has 3 aliphatic rings. The van der Waals surface area contributed by atoms with Crippen molar-refractivity contribution in [3.8, 4) is 22.4 Å². The van der Waals surface area contributed by atoms with Crippen LogP contribution >= 0.6 is 0 Å². The number of imide groups is 2. The lowest BCUT2D eigenvalue weighted by Gasteiger charge is -2.27. The number of carbonyl (C=O) groups is 4. The lowest BCUT2D eigenvalue weighted by atomic mass is 9.98. The highest BCUT2D eigenvalue weighted by molar-refractivity contribution is 6.25. The van der Waals surface area contributed by atoms with E-state index in [1.165, 1.54) is 5.56 Å². The Kier molecular flexibility index (Phi) is 14.7. The average molecular weight is 824 g/mol. The van der Waals surface area contributed by atoms with Crippen molar-refractivity contribution in [2.24, 2.45) is 5.16 Å². The molecule has 4 heterocycles. The van der Waals surface area contributed by atoms with Gasteiger partial charge in [0.15, 0.2) is 0 Å². The first-order valence-corrected chi connectivity index (χ1v) is 20.2. The number of nitrogens with one attached hydrogen (secondary N) is 2. The van der Waals surface area contributed by atoms with Crippen LogP contribution in [0.2, 0.25) is 0 Å². The molecule has 316 valence electrons. The number of piperidine rings is 1. The summed E-state index contributed by atoms with van der Waals surface area (Å²) in [6.07, 6.45) is 8.15. The van der Waals surface area contributed by atoms with E-state index in [0.29, 0.717) is 84.8 Å². The van der Waals surface area contributed by atoms with Gasteiger partial charge in [0.1, 0.15) is 11.7 Å². The highest BCUT2D eigenvalue weighted by atomic mass is 16.6. The van der Waals surface area contributed by atoms with Crippen molar-refractivity contribution in [3.05, 3.63) is 89.4 Å². The molecule has 1 unspecified atom stereocenters. The first-order chi connectivity index (χ1) is 29.4. The van der Waals surface area contributed by atoms with Crippen molar-refractivity contribution in [3.63, 3.8) is 0 Å². The zero-order valence-corrected chi connectivity index (χ0v) is 33.3. The zero-order valence-electron chi connectivity index (χ0n) is 33.3. The minimum absolute atomic E-state index is 0.0634. The van der Waals surface area contributed by atoms with E-state index >= 15 is 0 Å². The van der Waals surface area contributed by atoms with Gasteiger partial charge >= 0.3 is 0 Å². The fourth-order valence-electron chi connectivity index (χ4n) is 7.44. The third kappa shape index (κ3) is 10.3. The summed E-state index contributed by atoms with van der Waals surface area (Å²) >= 11 is 0. The minimum Gasteiger partial charge on any atom is -0.411 e. The molecule has 2 aromatic carbocycles. The number of carbonyl (C=O) groups excluding carboxylic acids is 4. The van der Waals surface area contributed by atoms with Crippen molar-refractivity contribution in [2.45, 2.75) is 44.7 Å². The Morgan fingerprint density at radius 2 is 1.45 bits per heavy atom. The minimum atomic E-state index is -1.01. The zero-order chi connectivity index (χ0) is 41.7. The second kappa shape index (κ2) is 20.9. The number of fused-ring (bicyclic) bond motifs is 2. The largest absolute Gasteiger partial charge is 0.411 e. The summed E-state index contributed by atoms with van der Waals surface area (Å²) in [5.41, 5.74) is 7.80. The van der Waals surface area contributed by atoms with Crippen LogP contribution in [0.5, 0.6) is 0 Å². The molecule has 1 atom stereocenters. The standard InChI is InChI=1S/C43H49N7O10/c51-38-10-9-37(41(52)46-38)50-42(53)33-3-1-4-36(39(33)43(50)54)45-15-18-57-20-22-59-24-26-60-25-23-58-21-19-56-17-2-16-49-28-34(40(47-49)29-11-13-44-14-12-29)31-5-7-32-30(27-31)6-8-35(32)48-55/h1,3-5,7,11-14,27-28,37,45,55H,2,6,8-10,15-26H2,(H,46,51,52)/b48-35+. The maximum Gasteiger partial charge on any atom is 0.264 e. The molecular formula is C43H49N7O10. The number of rotatable bonds is 23. The molecule has 3 N–H and O–H groups in total. The number of ether oxygens (including phenoxy) is 5. The molecule has 1 aliphatic carbocycles. The number of anilines is 1. The molecule has 0 spiro atoms. The number of hydrogen-bond acceptors (Lipinski definition) is 14. The van der Waals surface area contributed by atoms with Gasteiger partial charge in [-0.25, -0.2) is 0 Å². The lowest BCUT2D eigenvalue weighted by molar-refractivity contribution is -0.136. The van der Waals surface area contributed by atoms with Crippen molar-refractivity contribution >= 4 is 35.0 Å². The van der Waals surface area contributed by atoms with Crippen LogP contribution in [0.15, 0.2) is 72.3 Å². The average Bonchev–Trinajstić information content (AvgIpc) is 3.96. The Morgan fingerprint density at radius 3 is 2.15 bits per heavy atom. The summed E-state index contributed by atoms with van der Waals surface area (Å²) in [6.45, 7) is 5.42. The summed E-state index contributed by atoms with van der Waals surface area (Å²) in [5, 5.41) is 23.1. The number of amides is 4. The van der Waals surface area contributed by atoms with E-state index in [-0.39, 0.29) is 24.0 Å². The second-order valence-corrected chi connectivity index (χ2v) is 14.3. The van der Waals surface area contributed by atoms with Gasteiger partial charge in [0, 0.05) is 67.1 Å². The molecule has 4 aromatic rings. The van der Waals surface area contributed by atoms with Gasteiger partial charge in [0.2, 0.25) is 11.8 Å². The van der Waals surface area contributed by atoms with E-state index in [1.54, 1.807) is 30.6 Å². The molecule has 17 heteroatoms. The number of aryl methyl sites for hydroxylation is 2. The molecule has 0 radical (unpaired) electrons. The van der Waals surface area contributed by atoms with Crippen LogP contribution in [-0.4, -0.2) is 133 Å². The van der Waals surface area contributed by atoms with Gasteiger partial charge in [-0.2, -0.15) is 5.10 Å². The van der Waals surface area contributed by atoms with E-state index in [0.717, 1.165) is 57.8 Å².